The van der Waals surface area contributed by atoms with E-state index < -0.39 is 26.9 Å². The van der Waals surface area contributed by atoms with Gasteiger partial charge < -0.3 is 14.2 Å². The van der Waals surface area contributed by atoms with Crippen LogP contribution in [-0.2, 0) is 20.3 Å². The number of nitrogens with zero attached hydrogens (tertiary/aromatic N) is 6. The van der Waals surface area contributed by atoms with Crippen molar-refractivity contribution in [2.24, 2.45) is 0 Å². The standard InChI is InChI=1S/C27H32N6O5S/c1-7-38-26(21-15-29-18(3)13-30-21)19(4)39(34,35)16-24-31-32-27(20-11-17(2)12-28-14-20)33(24)25-22(36-5)9-8-10-23(25)37-6/h8-15,19,26H,7,16H2,1-6H3/t19-,26-/m0/s1. The van der Waals surface area contributed by atoms with E-state index in [1.807, 2.05) is 19.9 Å². The van der Waals surface area contributed by atoms with Crippen LogP contribution in [0.1, 0.15) is 42.7 Å². The maximum Gasteiger partial charge on any atom is 0.170 e. The summed E-state index contributed by atoms with van der Waals surface area (Å²) in [5.41, 5.74) is 3.22. The summed E-state index contributed by atoms with van der Waals surface area (Å²) in [6.07, 6.45) is 5.70. The highest BCUT2D eigenvalue weighted by atomic mass is 32.2. The minimum atomic E-state index is -3.85. The first-order chi connectivity index (χ1) is 18.7. The number of methoxy groups -OCH3 is 2. The fourth-order valence-electron chi connectivity index (χ4n) is 4.25. The number of hydrogen-bond acceptors (Lipinski definition) is 10. The lowest BCUT2D eigenvalue weighted by Gasteiger charge is -2.23. The highest BCUT2D eigenvalue weighted by molar-refractivity contribution is 7.91. The lowest BCUT2D eigenvalue weighted by Crippen LogP contribution is -2.30. The predicted molar refractivity (Wildman–Crippen MR) is 146 cm³/mol. The summed E-state index contributed by atoms with van der Waals surface area (Å²) >= 11 is 0. The molecule has 0 fully saturated rings. The molecule has 39 heavy (non-hydrogen) atoms. The summed E-state index contributed by atoms with van der Waals surface area (Å²) in [4.78, 5) is 12.9. The number of rotatable bonds is 11. The van der Waals surface area contributed by atoms with E-state index in [0.717, 1.165) is 11.3 Å². The zero-order valence-corrected chi connectivity index (χ0v) is 23.6. The molecular formula is C27H32N6O5S. The Balaban J connectivity index is 1.84. The number of ether oxygens (including phenoxy) is 3. The highest BCUT2D eigenvalue weighted by Crippen LogP contribution is 2.37. The molecule has 0 N–H and O–H groups in total. The number of hydrogen-bond donors (Lipinski definition) is 0. The zero-order valence-electron chi connectivity index (χ0n) is 22.8. The summed E-state index contributed by atoms with van der Waals surface area (Å²) < 4.78 is 46.5. The number of sulfone groups is 1. The maximum atomic E-state index is 13.9. The van der Waals surface area contributed by atoms with Gasteiger partial charge in [0.1, 0.15) is 29.0 Å². The summed E-state index contributed by atoms with van der Waals surface area (Å²) in [7, 11) is -0.789. The van der Waals surface area contributed by atoms with Crippen LogP contribution in [-0.4, -0.2) is 64.2 Å². The van der Waals surface area contributed by atoms with Crippen molar-refractivity contribution in [2.45, 2.75) is 44.8 Å². The lowest BCUT2D eigenvalue weighted by atomic mass is 10.2. The Bertz CT molecular complexity index is 1520. The first-order valence-corrected chi connectivity index (χ1v) is 14.1. The lowest BCUT2D eigenvalue weighted by molar-refractivity contribution is 0.0586. The van der Waals surface area contributed by atoms with Crippen LogP contribution < -0.4 is 9.47 Å². The molecule has 4 rings (SSSR count). The van der Waals surface area contributed by atoms with Gasteiger partial charge in [-0.25, -0.2) is 8.42 Å². The molecule has 4 aromatic rings. The highest BCUT2D eigenvalue weighted by Gasteiger charge is 2.35. The third-order valence-corrected chi connectivity index (χ3v) is 8.29. The average Bonchev–Trinajstić information content (AvgIpc) is 3.33. The molecule has 206 valence electrons. The molecule has 0 aliphatic rings. The monoisotopic (exact) mass is 552 g/mol. The third kappa shape index (κ3) is 5.91. The van der Waals surface area contributed by atoms with Crippen molar-refractivity contribution in [3.8, 4) is 28.6 Å². The smallest absolute Gasteiger partial charge is 0.170 e. The zero-order chi connectivity index (χ0) is 28.2. The molecule has 12 heteroatoms. The van der Waals surface area contributed by atoms with Gasteiger partial charge in [0.25, 0.3) is 0 Å². The molecule has 1 aromatic carbocycles. The number of aryl methyl sites for hydroxylation is 2. The summed E-state index contributed by atoms with van der Waals surface area (Å²) in [5, 5.41) is 7.77. The van der Waals surface area contributed by atoms with Crippen LogP contribution >= 0.6 is 0 Å². The van der Waals surface area contributed by atoms with E-state index in [0.29, 0.717) is 40.9 Å². The quantitative estimate of drug-likeness (QED) is 0.270. The van der Waals surface area contributed by atoms with Crippen molar-refractivity contribution in [3.05, 3.63) is 71.8 Å². The number of pyridine rings is 1. The van der Waals surface area contributed by atoms with Crippen molar-refractivity contribution >= 4 is 9.84 Å². The largest absolute Gasteiger partial charge is 0.494 e. The number of aromatic nitrogens is 6. The molecule has 3 heterocycles. The first kappa shape index (κ1) is 28.1. The van der Waals surface area contributed by atoms with Gasteiger partial charge >= 0.3 is 0 Å². The average molecular weight is 553 g/mol. The molecule has 0 aliphatic heterocycles. The molecule has 0 spiro atoms. The number of benzene rings is 1. The minimum Gasteiger partial charge on any atom is -0.494 e. The predicted octanol–water partition coefficient (Wildman–Crippen LogP) is 3.83. The second-order valence-electron chi connectivity index (χ2n) is 9.01. The maximum absolute atomic E-state index is 13.9. The Kier molecular flexibility index (Phi) is 8.56. The fraction of sp³-hybridized carbons (Fsp3) is 0.370. The Morgan fingerprint density at radius 1 is 0.974 bits per heavy atom. The van der Waals surface area contributed by atoms with E-state index in [1.165, 1.54) is 14.2 Å². The fourth-order valence-corrected chi connectivity index (χ4v) is 5.66. The van der Waals surface area contributed by atoms with Crippen molar-refractivity contribution in [1.29, 1.82) is 0 Å². The van der Waals surface area contributed by atoms with Crippen molar-refractivity contribution in [1.82, 2.24) is 29.7 Å². The SMILES string of the molecule is CCO[C@H](c1cnc(C)cn1)[C@H](C)S(=O)(=O)Cc1nnc(-c2cncc(C)c2)n1-c1c(OC)cccc1OC. The van der Waals surface area contributed by atoms with Gasteiger partial charge in [0.05, 0.1) is 37.1 Å². The topological polar surface area (TPSA) is 131 Å². The van der Waals surface area contributed by atoms with Crippen molar-refractivity contribution in [3.63, 3.8) is 0 Å². The van der Waals surface area contributed by atoms with E-state index in [-0.39, 0.29) is 5.82 Å². The summed E-state index contributed by atoms with van der Waals surface area (Å²) in [5.74, 6) is 1.09. The molecular weight excluding hydrogens is 520 g/mol. The van der Waals surface area contributed by atoms with Crippen LogP contribution in [0.2, 0.25) is 0 Å². The molecule has 0 amide bonds. The van der Waals surface area contributed by atoms with Gasteiger partial charge in [-0.15, -0.1) is 10.2 Å². The molecule has 0 unspecified atom stereocenters. The number of para-hydroxylation sites is 1. The van der Waals surface area contributed by atoms with Gasteiger partial charge in [-0.3, -0.25) is 19.5 Å². The van der Waals surface area contributed by atoms with E-state index in [2.05, 4.69) is 25.1 Å². The van der Waals surface area contributed by atoms with Gasteiger partial charge in [0, 0.05) is 30.8 Å². The van der Waals surface area contributed by atoms with Crippen LogP contribution in [0.3, 0.4) is 0 Å². The van der Waals surface area contributed by atoms with Gasteiger partial charge in [-0.1, -0.05) is 6.07 Å². The Morgan fingerprint density at radius 3 is 2.28 bits per heavy atom. The normalized spacial score (nSPS) is 13.2. The Hall–Kier alpha value is -3.90. The van der Waals surface area contributed by atoms with E-state index in [1.54, 1.807) is 61.4 Å². The Labute approximate surface area is 228 Å². The van der Waals surface area contributed by atoms with Crippen LogP contribution in [0.4, 0.5) is 0 Å². The van der Waals surface area contributed by atoms with Crippen molar-refractivity contribution < 1.29 is 22.6 Å². The molecule has 3 aromatic heterocycles. The minimum absolute atomic E-state index is 0.186. The third-order valence-electron chi connectivity index (χ3n) is 6.25. The second-order valence-corrected chi connectivity index (χ2v) is 11.4. The summed E-state index contributed by atoms with van der Waals surface area (Å²) in [6.45, 7) is 7.44. The molecule has 11 nitrogen and oxygen atoms in total. The van der Waals surface area contributed by atoms with E-state index >= 15 is 0 Å². The summed E-state index contributed by atoms with van der Waals surface area (Å²) in [6, 6.07) is 7.21. The van der Waals surface area contributed by atoms with Crippen LogP contribution in [0.5, 0.6) is 11.5 Å². The van der Waals surface area contributed by atoms with Gasteiger partial charge in [0.2, 0.25) is 0 Å². The molecule has 0 radical (unpaired) electrons. The van der Waals surface area contributed by atoms with Crippen molar-refractivity contribution in [2.75, 3.05) is 20.8 Å². The molecule has 0 saturated heterocycles. The van der Waals surface area contributed by atoms with Crippen LogP contribution in [0.25, 0.3) is 17.1 Å². The van der Waals surface area contributed by atoms with Crippen LogP contribution in [0.15, 0.2) is 49.1 Å². The molecule has 0 bridgehead atoms. The molecule has 0 saturated carbocycles. The van der Waals surface area contributed by atoms with Gasteiger partial charge in [-0.2, -0.15) is 0 Å². The molecule has 2 atom stereocenters. The van der Waals surface area contributed by atoms with Crippen LogP contribution in [0, 0.1) is 13.8 Å². The first-order valence-electron chi connectivity index (χ1n) is 12.4. The van der Waals surface area contributed by atoms with Gasteiger partial charge in [0.15, 0.2) is 21.5 Å². The second kappa shape index (κ2) is 11.9. The molecule has 0 aliphatic carbocycles. The van der Waals surface area contributed by atoms with Gasteiger partial charge in [-0.05, 0) is 51.5 Å². The Morgan fingerprint density at radius 2 is 1.69 bits per heavy atom. The van der Waals surface area contributed by atoms with E-state index in [4.69, 9.17) is 14.2 Å². The van der Waals surface area contributed by atoms with E-state index in [9.17, 15) is 8.42 Å².